The van der Waals surface area contributed by atoms with Crippen molar-refractivity contribution in [2.75, 3.05) is 48.3 Å². The van der Waals surface area contributed by atoms with E-state index in [1.54, 1.807) is 6.07 Å². The fourth-order valence-electron chi connectivity index (χ4n) is 3.96. The summed E-state index contributed by atoms with van der Waals surface area (Å²) in [6.45, 7) is 2.26. The molecule has 0 aliphatic carbocycles. The molecule has 1 saturated heterocycles. The quantitative estimate of drug-likeness (QED) is 0.463. The topological polar surface area (TPSA) is 102 Å². The van der Waals surface area contributed by atoms with Crippen molar-refractivity contribution in [3.63, 3.8) is 0 Å². The SMILES string of the molecule is O=C(CN1CCN(c2ccc(C(=O)O)cc2NC(=O)c2ccccc2F)CC1)Nc1ccc(F)cc1. The van der Waals surface area contributed by atoms with Gasteiger partial charge in [0, 0.05) is 31.9 Å². The van der Waals surface area contributed by atoms with E-state index in [0.29, 0.717) is 37.6 Å². The Morgan fingerprint density at radius 2 is 1.56 bits per heavy atom. The standard InChI is InChI=1S/C26H24F2N4O4/c27-18-6-8-19(9-7-18)29-24(33)16-31-11-13-32(14-12-31)23-10-5-17(26(35)36)15-22(23)30-25(34)20-3-1-2-4-21(20)28/h1-10,15H,11-14,16H2,(H,29,33)(H,30,34)(H,35,36). The number of nitrogens with one attached hydrogen (secondary N) is 2. The zero-order valence-electron chi connectivity index (χ0n) is 19.2. The average Bonchev–Trinajstić information content (AvgIpc) is 2.86. The van der Waals surface area contributed by atoms with Crippen LogP contribution in [0.5, 0.6) is 0 Å². The van der Waals surface area contributed by atoms with E-state index < -0.39 is 17.7 Å². The molecule has 3 N–H and O–H groups in total. The summed E-state index contributed by atoms with van der Waals surface area (Å²) in [6.07, 6.45) is 0. The molecule has 1 aliphatic heterocycles. The van der Waals surface area contributed by atoms with Gasteiger partial charge in [0.2, 0.25) is 5.91 Å². The van der Waals surface area contributed by atoms with Gasteiger partial charge in [-0.05, 0) is 54.6 Å². The van der Waals surface area contributed by atoms with Gasteiger partial charge in [-0.1, -0.05) is 12.1 Å². The number of hydrogen-bond donors (Lipinski definition) is 3. The lowest BCUT2D eigenvalue weighted by Crippen LogP contribution is -2.48. The van der Waals surface area contributed by atoms with Crippen molar-refractivity contribution >= 4 is 34.8 Å². The molecule has 0 unspecified atom stereocenters. The summed E-state index contributed by atoms with van der Waals surface area (Å²) in [4.78, 5) is 40.5. The number of carbonyl (C=O) groups is 3. The second-order valence-electron chi connectivity index (χ2n) is 8.29. The molecular formula is C26H24F2N4O4. The molecule has 3 aromatic carbocycles. The molecule has 0 spiro atoms. The minimum Gasteiger partial charge on any atom is -0.478 e. The van der Waals surface area contributed by atoms with Crippen molar-refractivity contribution in [3.05, 3.63) is 89.5 Å². The highest BCUT2D eigenvalue weighted by atomic mass is 19.1. The first kappa shape index (κ1) is 24.8. The Hall–Kier alpha value is -4.31. The van der Waals surface area contributed by atoms with Gasteiger partial charge in [0.15, 0.2) is 0 Å². The monoisotopic (exact) mass is 494 g/mol. The fraction of sp³-hybridized carbons (Fsp3) is 0.192. The van der Waals surface area contributed by atoms with Crippen LogP contribution in [0.1, 0.15) is 20.7 Å². The molecule has 0 atom stereocenters. The van der Waals surface area contributed by atoms with Gasteiger partial charge in [0.05, 0.1) is 29.0 Å². The van der Waals surface area contributed by atoms with E-state index in [9.17, 15) is 28.3 Å². The number of halogens is 2. The van der Waals surface area contributed by atoms with E-state index in [2.05, 4.69) is 10.6 Å². The first-order chi connectivity index (χ1) is 17.3. The highest BCUT2D eigenvalue weighted by Gasteiger charge is 2.23. The number of hydrogen-bond acceptors (Lipinski definition) is 5. The van der Waals surface area contributed by atoms with Crippen LogP contribution in [0.15, 0.2) is 66.7 Å². The van der Waals surface area contributed by atoms with Gasteiger partial charge in [0.25, 0.3) is 5.91 Å². The smallest absolute Gasteiger partial charge is 0.335 e. The van der Waals surface area contributed by atoms with Gasteiger partial charge in [-0.25, -0.2) is 13.6 Å². The van der Waals surface area contributed by atoms with Crippen molar-refractivity contribution < 1.29 is 28.3 Å². The molecule has 8 nitrogen and oxygen atoms in total. The third-order valence-corrected chi connectivity index (χ3v) is 5.82. The molecule has 0 bridgehead atoms. The molecule has 3 aromatic rings. The van der Waals surface area contributed by atoms with E-state index in [1.165, 1.54) is 60.7 Å². The van der Waals surface area contributed by atoms with Crippen molar-refractivity contribution in [2.24, 2.45) is 0 Å². The highest BCUT2D eigenvalue weighted by Crippen LogP contribution is 2.29. The Labute approximate surface area is 206 Å². The van der Waals surface area contributed by atoms with E-state index in [0.717, 1.165) is 0 Å². The minimum atomic E-state index is -1.15. The Morgan fingerprint density at radius 1 is 0.861 bits per heavy atom. The van der Waals surface area contributed by atoms with Crippen molar-refractivity contribution in [1.29, 1.82) is 0 Å². The lowest BCUT2D eigenvalue weighted by Gasteiger charge is -2.36. The Morgan fingerprint density at radius 3 is 2.22 bits per heavy atom. The second kappa shape index (κ2) is 11.0. The third kappa shape index (κ3) is 6.02. The van der Waals surface area contributed by atoms with Gasteiger partial charge in [0.1, 0.15) is 11.6 Å². The third-order valence-electron chi connectivity index (χ3n) is 5.82. The number of carboxylic acids is 1. The number of benzene rings is 3. The summed E-state index contributed by atoms with van der Waals surface area (Å²) in [5.41, 5.74) is 1.19. The van der Waals surface area contributed by atoms with Crippen molar-refractivity contribution in [3.8, 4) is 0 Å². The van der Waals surface area contributed by atoms with Crippen LogP contribution in [0.3, 0.4) is 0 Å². The molecule has 1 fully saturated rings. The summed E-state index contributed by atoms with van der Waals surface area (Å²) in [5.74, 6) is -3.13. The van der Waals surface area contributed by atoms with Crippen LogP contribution in [-0.4, -0.2) is 60.5 Å². The Kier molecular flexibility index (Phi) is 7.55. The first-order valence-electron chi connectivity index (χ1n) is 11.3. The molecule has 2 amide bonds. The number of piperazine rings is 1. The summed E-state index contributed by atoms with van der Waals surface area (Å²) >= 11 is 0. The van der Waals surface area contributed by atoms with Crippen LogP contribution in [0.25, 0.3) is 0 Å². The van der Waals surface area contributed by atoms with Crippen molar-refractivity contribution in [1.82, 2.24) is 4.90 Å². The zero-order chi connectivity index (χ0) is 25.7. The molecule has 10 heteroatoms. The molecule has 36 heavy (non-hydrogen) atoms. The minimum absolute atomic E-state index is 0.0151. The van der Waals surface area contributed by atoms with Gasteiger partial charge < -0.3 is 20.6 Å². The number of aromatic carboxylic acids is 1. The van der Waals surface area contributed by atoms with E-state index >= 15 is 0 Å². The van der Waals surface area contributed by atoms with Crippen LogP contribution < -0.4 is 15.5 Å². The summed E-state index contributed by atoms with van der Waals surface area (Å²) in [6, 6.07) is 15.5. The molecule has 1 heterocycles. The van der Waals surface area contributed by atoms with Gasteiger partial charge in [-0.3, -0.25) is 14.5 Å². The van der Waals surface area contributed by atoms with E-state index in [-0.39, 0.29) is 35.1 Å². The van der Waals surface area contributed by atoms with Crippen LogP contribution in [-0.2, 0) is 4.79 Å². The number of nitrogens with zero attached hydrogens (tertiary/aromatic N) is 2. The lowest BCUT2D eigenvalue weighted by molar-refractivity contribution is -0.117. The average molecular weight is 494 g/mol. The van der Waals surface area contributed by atoms with Crippen LogP contribution in [0.4, 0.5) is 25.8 Å². The molecule has 4 rings (SSSR count). The number of rotatable bonds is 7. The maximum atomic E-state index is 14.1. The fourth-order valence-corrected chi connectivity index (χ4v) is 3.96. The second-order valence-corrected chi connectivity index (χ2v) is 8.29. The molecule has 0 radical (unpaired) electrons. The van der Waals surface area contributed by atoms with Crippen LogP contribution in [0, 0.1) is 11.6 Å². The van der Waals surface area contributed by atoms with Gasteiger partial charge in [-0.15, -0.1) is 0 Å². The van der Waals surface area contributed by atoms with Gasteiger partial charge >= 0.3 is 5.97 Å². The molecule has 186 valence electrons. The maximum Gasteiger partial charge on any atom is 0.335 e. The highest BCUT2D eigenvalue weighted by molar-refractivity contribution is 6.07. The Bertz CT molecular complexity index is 1280. The van der Waals surface area contributed by atoms with E-state index in [4.69, 9.17) is 0 Å². The van der Waals surface area contributed by atoms with E-state index in [1.807, 2.05) is 9.80 Å². The Balaban J connectivity index is 1.42. The largest absolute Gasteiger partial charge is 0.478 e. The van der Waals surface area contributed by atoms with Crippen LogP contribution >= 0.6 is 0 Å². The number of carbonyl (C=O) groups excluding carboxylic acids is 2. The number of amides is 2. The molecule has 0 aromatic heterocycles. The summed E-state index contributed by atoms with van der Waals surface area (Å²) in [5, 5.41) is 14.8. The van der Waals surface area contributed by atoms with Crippen molar-refractivity contribution in [2.45, 2.75) is 0 Å². The summed E-state index contributed by atoms with van der Waals surface area (Å²) < 4.78 is 27.1. The van der Waals surface area contributed by atoms with Crippen LogP contribution in [0.2, 0.25) is 0 Å². The zero-order valence-corrected chi connectivity index (χ0v) is 19.2. The summed E-state index contributed by atoms with van der Waals surface area (Å²) in [7, 11) is 0. The van der Waals surface area contributed by atoms with Gasteiger partial charge in [-0.2, -0.15) is 0 Å². The predicted molar refractivity (Wildman–Crippen MR) is 131 cm³/mol. The predicted octanol–water partition coefficient (Wildman–Crippen LogP) is 3.68. The number of anilines is 3. The molecular weight excluding hydrogens is 470 g/mol. The first-order valence-corrected chi connectivity index (χ1v) is 11.3. The molecule has 1 aliphatic rings. The molecule has 0 saturated carbocycles. The number of carboxylic acid groups (broad SMARTS) is 1. The lowest BCUT2D eigenvalue weighted by atomic mass is 10.1. The maximum absolute atomic E-state index is 14.1. The normalized spacial score (nSPS) is 13.8.